The summed E-state index contributed by atoms with van der Waals surface area (Å²) in [6, 6.07) is 3.98. The highest BCUT2D eigenvalue weighted by molar-refractivity contribution is 7.18. The first-order valence-electron chi connectivity index (χ1n) is 8.43. The number of aromatic nitrogens is 2. The van der Waals surface area contributed by atoms with Crippen molar-refractivity contribution in [2.75, 3.05) is 0 Å². The molecule has 4 rings (SSSR count). The highest BCUT2D eigenvalue weighted by Crippen LogP contribution is 2.33. The molecule has 1 amide bonds. The van der Waals surface area contributed by atoms with Crippen LogP contribution >= 0.6 is 22.7 Å². The van der Waals surface area contributed by atoms with Crippen LogP contribution in [-0.4, -0.2) is 20.8 Å². The summed E-state index contributed by atoms with van der Waals surface area (Å²) in [5.41, 5.74) is 1.12. The Morgan fingerprint density at radius 1 is 1.32 bits per heavy atom. The van der Waals surface area contributed by atoms with Crippen molar-refractivity contribution in [2.24, 2.45) is 0 Å². The summed E-state index contributed by atoms with van der Waals surface area (Å²) in [4.78, 5) is 37.1. The molecule has 3 heterocycles. The number of fused-ring (bicyclic) bond motifs is 3. The summed E-state index contributed by atoms with van der Waals surface area (Å²) < 4.78 is 0. The van der Waals surface area contributed by atoms with Gasteiger partial charge in [0, 0.05) is 16.7 Å². The number of nitrogens with one attached hydrogen (secondary N) is 1. The van der Waals surface area contributed by atoms with Crippen molar-refractivity contribution >= 4 is 38.8 Å². The Balaban J connectivity index is 1.66. The number of thiophene rings is 2. The lowest BCUT2D eigenvalue weighted by Crippen LogP contribution is -2.29. The Kier molecular flexibility index (Phi) is 4.43. The van der Waals surface area contributed by atoms with Crippen LogP contribution in [0.2, 0.25) is 0 Å². The van der Waals surface area contributed by atoms with Gasteiger partial charge in [-0.15, -0.1) is 22.7 Å². The van der Waals surface area contributed by atoms with Crippen molar-refractivity contribution in [3.05, 3.63) is 49.0 Å². The standard InChI is InChI=1S/C18H19N3O2S2/c1-11(22)21(9-12-5-4-8-24-12)10-15-19-17(23)16-13-6-2-3-7-14(13)25-18(16)20-15/h4-5,8H,2-3,6-7,9-10H2,1H3,(H,19,20,23). The van der Waals surface area contributed by atoms with Gasteiger partial charge in [0.1, 0.15) is 10.7 Å². The number of nitrogens with zero attached hydrogens (tertiary/aromatic N) is 2. The zero-order chi connectivity index (χ0) is 17.4. The minimum atomic E-state index is -0.0703. The van der Waals surface area contributed by atoms with E-state index < -0.39 is 0 Å². The molecular weight excluding hydrogens is 354 g/mol. The third-order valence-electron chi connectivity index (χ3n) is 4.59. The number of hydrogen-bond donors (Lipinski definition) is 1. The molecule has 0 aromatic carbocycles. The van der Waals surface area contributed by atoms with E-state index in [-0.39, 0.29) is 11.5 Å². The largest absolute Gasteiger partial charge is 0.330 e. The average molecular weight is 374 g/mol. The lowest BCUT2D eigenvalue weighted by atomic mass is 9.97. The van der Waals surface area contributed by atoms with E-state index in [1.807, 2.05) is 17.5 Å². The molecule has 7 heteroatoms. The second-order valence-corrected chi connectivity index (χ2v) is 8.47. The van der Waals surface area contributed by atoms with E-state index in [2.05, 4.69) is 9.97 Å². The van der Waals surface area contributed by atoms with E-state index in [9.17, 15) is 9.59 Å². The van der Waals surface area contributed by atoms with Crippen molar-refractivity contribution < 1.29 is 4.79 Å². The lowest BCUT2D eigenvalue weighted by molar-refractivity contribution is -0.130. The van der Waals surface area contributed by atoms with Crippen molar-refractivity contribution in [1.82, 2.24) is 14.9 Å². The first-order valence-corrected chi connectivity index (χ1v) is 10.1. The maximum atomic E-state index is 12.6. The first-order chi connectivity index (χ1) is 12.1. The van der Waals surface area contributed by atoms with Gasteiger partial charge in [-0.05, 0) is 42.7 Å². The number of aryl methyl sites for hydroxylation is 2. The smallest absolute Gasteiger partial charge is 0.259 e. The zero-order valence-corrected chi connectivity index (χ0v) is 15.6. The molecule has 3 aromatic rings. The van der Waals surface area contributed by atoms with Crippen LogP contribution in [0.15, 0.2) is 22.3 Å². The van der Waals surface area contributed by atoms with Crippen LogP contribution in [-0.2, 0) is 30.7 Å². The van der Waals surface area contributed by atoms with Crippen LogP contribution in [0.3, 0.4) is 0 Å². The van der Waals surface area contributed by atoms with E-state index >= 15 is 0 Å². The Morgan fingerprint density at radius 2 is 2.16 bits per heavy atom. The van der Waals surface area contributed by atoms with Crippen molar-refractivity contribution in [2.45, 2.75) is 45.7 Å². The fourth-order valence-corrected chi connectivity index (χ4v) is 5.33. The number of carbonyl (C=O) groups excluding carboxylic acids is 1. The Morgan fingerprint density at radius 3 is 2.92 bits per heavy atom. The Hall–Kier alpha value is -1.99. The van der Waals surface area contributed by atoms with Crippen LogP contribution in [0.5, 0.6) is 0 Å². The van der Waals surface area contributed by atoms with Gasteiger partial charge in [0.2, 0.25) is 5.91 Å². The highest BCUT2D eigenvalue weighted by atomic mass is 32.1. The molecular formula is C18H19N3O2S2. The third-order valence-corrected chi connectivity index (χ3v) is 6.63. The van der Waals surface area contributed by atoms with Crippen LogP contribution < -0.4 is 5.56 Å². The summed E-state index contributed by atoms with van der Waals surface area (Å²) in [5, 5.41) is 2.76. The summed E-state index contributed by atoms with van der Waals surface area (Å²) in [7, 11) is 0. The predicted molar refractivity (Wildman–Crippen MR) is 101 cm³/mol. The van der Waals surface area contributed by atoms with Gasteiger partial charge in [-0.1, -0.05) is 6.07 Å². The van der Waals surface area contributed by atoms with Gasteiger partial charge in [-0.3, -0.25) is 9.59 Å². The molecule has 1 aliphatic rings. The molecule has 130 valence electrons. The summed E-state index contributed by atoms with van der Waals surface area (Å²) >= 11 is 3.26. The van der Waals surface area contributed by atoms with Crippen molar-refractivity contribution in [3.8, 4) is 0 Å². The monoisotopic (exact) mass is 373 g/mol. The Bertz CT molecular complexity index is 972. The number of hydrogen-bond acceptors (Lipinski definition) is 5. The van der Waals surface area contributed by atoms with E-state index in [0.717, 1.165) is 34.4 Å². The molecule has 1 aliphatic carbocycles. The van der Waals surface area contributed by atoms with Gasteiger partial charge in [0.05, 0.1) is 18.5 Å². The SMILES string of the molecule is CC(=O)N(Cc1nc2sc3c(c2c(=O)[nH]1)CCCC3)Cc1cccs1. The van der Waals surface area contributed by atoms with Crippen LogP contribution in [0.4, 0.5) is 0 Å². The molecule has 1 N–H and O–H groups in total. The molecule has 0 saturated heterocycles. The van der Waals surface area contributed by atoms with Gasteiger partial charge in [-0.2, -0.15) is 0 Å². The molecule has 0 spiro atoms. The van der Waals surface area contributed by atoms with Crippen LogP contribution in [0.25, 0.3) is 10.2 Å². The molecule has 0 radical (unpaired) electrons. The first kappa shape index (κ1) is 16.5. The average Bonchev–Trinajstić information content (AvgIpc) is 3.20. The topological polar surface area (TPSA) is 66.1 Å². The Labute approximate surface area is 153 Å². The molecule has 25 heavy (non-hydrogen) atoms. The van der Waals surface area contributed by atoms with Crippen molar-refractivity contribution in [1.29, 1.82) is 0 Å². The number of aromatic amines is 1. The molecule has 0 saturated carbocycles. The fourth-order valence-electron chi connectivity index (χ4n) is 3.33. The van der Waals surface area contributed by atoms with Gasteiger partial charge >= 0.3 is 0 Å². The zero-order valence-electron chi connectivity index (χ0n) is 14.0. The van der Waals surface area contributed by atoms with Gasteiger partial charge in [0.25, 0.3) is 5.56 Å². The lowest BCUT2D eigenvalue weighted by Gasteiger charge is -2.19. The van der Waals surface area contributed by atoms with Crippen molar-refractivity contribution in [3.63, 3.8) is 0 Å². The van der Waals surface area contributed by atoms with E-state index in [1.165, 1.54) is 16.9 Å². The molecule has 0 bridgehead atoms. The maximum Gasteiger partial charge on any atom is 0.259 e. The normalized spacial score (nSPS) is 13.8. The van der Waals surface area contributed by atoms with Gasteiger partial charge in [0.15, 0.2) is 0 Å². The number of H-pyrrole nitrogens is 1. The van der Waals surface area contributed by atoms with E-state index in [0.29, 0.717) is 18.9 Å². The molecule has 0 fully saturated rings. The minimum Gasteiger partial charge on any atom is -0.330 e. The fraction of sp³-hybridized carbons (Fsp3) is 0.389. The van der Waals surface area contributed by atoms with Crippen LogP contribution in [0, 0.1) is 0 Å². The van der Waals surface area contributed by atoms with Gasteiger partial charge < -0.3 is 9.88 Å². The number of rotatable bonds is 4. The molecule has 3 aromatic heterocycles. The maximum absolute atomic E-state index is 12.6. The van der Waals surface area contributed by atoms with E-state index in [1.54, 1.807) is 34.5 Å². The molecule has 0 aliphatic heterocycles. The van der Waals surface area contributed by atoms with Crippen LogP contribution in [0.1, 0.15) is 40.9 Å². The number of amides is 1. The van der Waals surface area contributed by atoms with Gasteiger partial charge in [-0.25, -0.2) is 4.98 Å². The quantitative estimate of drug-likeness (QED) is 0.761. The molecule has 0 atom stereocenters. The summed E-state index contributed by atoms with van der Waals surface area (Å²) in [6.45, 7) is 2.41. The molecule has 0 unspecified atom stereocenters. The second kappa shape index (κ2) is 6.72. The van der Waals surface area contributed by atoms with E-state index in [4.69, 9.17) is 0 Å². The highest BCUT2D eigenvalue weighted by Gasteiger charge is 2.20. The minimum absolute atomic E-state index is 0.0263. The molecule has 5 nitrogen and oxygen atoms in total. The third kappa shape index (κ3) is 3.26. The number of carbonyl (C=O) groups is 1. The second-order valence-electron chi connectivity index (χ2n) is 6.36. The summed E-state index contributed by atoms with van der Waals surface area (Å²) in [6.07, 6.45) is 4.34. The summed E-state index contributed by atoms with van der Waals surface area (Å²) in [5.74, 6) is 0.532. The predicted octanol–water partition coefficient (Wildman–Crippen LogP) is 3.47.